The monoisotopic (exact) mass is 297 g/mol. The second kappa shape index (κ2) is 7.51. The van der Waals surface area contributed by atoms with Crippen molar-refractivity contribution in [3.8, 4) is 5.75 Å². The molecule has 1 unspecified atom stereocenters. The van der Waals surface area contributed by atoms with E-state index in [1.54, 1.807) is 7.11 Å². The molecule has 0 aliphatic carbocycles. The minimum absolute atomic E-state index is 0.375. The third kappa shape index (κ3) is 4.17. The maximum atomic E-state index is 5.24. The first-order valence-corrected chi connectivity index (χ1v) is 6.70. The van der Waals surface area contributed by atoms with Gasteiger partial charge in [-0.1, -0.05) is 19.1 Å². The average molecular weight is 298 g/mol. The van der Waals surface area contributed by atoms with E-state index in [4.69, 9.17) is 4.74 Å². The fourth-order valence-electron chi connectivity index (χ4n) is 1.82. The standard InChI is InChI=1S/C14H20BrNO/c1-4-6-7-13(16-5-2)11-8-9-14(17-3)12(15)10-11/h4,8-10,13,16H,1,5-7H2,2-3H3. The van der Waals surface area contributed by atoms with E-state index in [9.17, 15) is 0 Å². The van der Waals surface area contributed by atoms with E-state index in [-0.39, 0.29) is 0 Å². The third-order valence-electron chi connectivity index (χ3n) is 2.69. The molecule has 0 amide bonds. The number of halogens is 1. The molecular weight excluding hydrogens is 278 g/mol. The Kier molecular flexibility index (Phi) is 6.30. The van der Waals surface area contributed by atoms with Crippen LogP contribution in [0.25, 0.3) is 0 Å². The van der Waals surface area contributed by atoms with E-state index < -0.39 is 0 Å². The van der Waals surface area contributed by atoms with Gasteiger partial charge in [0.1, 0.15) is 5.75 Å². The number of methoxy groups -OCH3 is 1. The maximum absolute atomic E-state index is 5.24. The molecule has 1 atom stereocenters. The van der Waals surface area contributed by atoms with Gasteiger partial charge in [0.2, 0.25) is 0 Å². The van der Waals surface area contributed by atoms with Crippen LogP contribution in [0.15, 0.2) is 35.3 Å². The van der Waals surface area contributed by atoms with Gasteiger partial charge in [0.15, 0.2) is 0 Å². The Morgan fingerprint density at radius 1 is 1.53 bits per heavy atom. The molecule has 1 aromatic rings. The first-order valence-electron chi connectivity index (χ1n) is 5.90. The minimum atomic E-state index is 0.375. The summed E-state index contributed by atoms with van der Waals surface area (Å²) < 4.78 is 6.24. The largest absolute Gasteiger partial charge is 0.496 e. The van der Waals surface area contributed by atoms with Crippen LogP contribution in [0.2, 0.25) is 0 Å². The molecule has 2 nitrogen and oxygen atoms in total. The number of rotatable bonds is 7. The quantitative estimate of drug-likeness (QED) is 0.766. The van der Waals surface area contributed by atoms with Crippen LogP contribution in [0.3, 0.4) is 0 Å². The van der Waals surface area contributed by atoms with Crippen molar-refractivity contribution in [2.45, 2.75) is 25.8 Å². The van der Waals surface area contributed by atoms with Crippen LogP contribution in [-0.4, -0.2) is 13.7 Å². The van der Waals surface area contributed by atoms with Gasteiger partial charge in [-0.3, -0.25) is 0 Å². The predicted octanol–water partition coefficient (Wildman–Crippen LogP) is 4.07. The Hall–Kier alpha value is -0.800. The van der Waals surface area contributed by atoms with Crippen LogP contribution in [0.4, 0.5) is 0 Å². The van der Waals surface area contributed by atoms with Crippen LogP contribution < -0.4 is 10.1 Å². The zero-order valence-electron chi connectivity index (χ0n) is 10.5. The lowest BCUT2D eigenvalue weighted by Crippen LogP contribution is -2.20. The molecule has 0 saturated heterocycles. The summed E-state index contributed by atoms with van der Waals surface area (Å²) in [6.07, 6.45) is 4.04. The van der Waals surface area contributed by atoms with Gasteiger partial charge < -0.3 is 10.1 Å². The number of ether oxygens (including phenoxy) is 1. The number of hydrogen-bond donors (Lipinski definition) is 1. The van der Waals surface area contributed by atoms with E-state index in [1.807, 2.05) is 12.1 Å². The normalized spacial score (nSPS) is 12.2. The summed E-state index contributed by atoms with van der Waals surface area (Å²) in [7, 11) is 1.68. The van der Waals surface area contributed by atoms with Crippen molar-refractivity contribution in [2.24, 2.45) is 0 Å². The van der Waals surface area contributed by atoms with E-state index >= 15 is 0 Å². The summed E-state index contributed by atoms with van der Waals surface area (Å²) in [4.78, 5) is 0. The van der Waals surface area contributed by atoms with Gasteiger partial charge in [-0.15, -0.1) is 6.58 Å². The lowest BCUT2D eigenvalue weighted by molar-refractivity contribution is 0.411. The lowest BCUT2D eigenvalue weighted by Gasteiger charge is -2.18. The summed E-state index contributed by atoms with van der Waals surface area (Å²) in [5.41, 5.74) is 1.28. The van der Waals surface area contributed by atoms with Crippen LogP contribution in [-0.2, 0) is 0 Å². The molecule has 0 fully saturated rings. The van der Waals surface area contributed by atoms with Crippen molar-refractivity contribution in [2.75, 3.05) is 13.7 Å². The fourth-order valence-corrected chi connectivity index (χ4v) is 2.38. The Morgan fingerprint density at radius 2 is 2.29 bits per heavy atom. The molecule has 1 rings (SSSR count). The van der Waals surface area contributed by atoms with Gasteiger partial charge in [-0.25, -0.2) is 0 Å². The summed E-state index contributed by atoms with van der Waals surface area (Å²) in [5.74, 6) is 0.868. The molecule has 0 aliphatic rings. The molecule has 0 heterocycles. The average Bonchev–Trinajstić information content (AvgIpc) is 2.34. The van der Waals surface area contributed by atoms with Crippen molar-refractivity contribution >= 4 is 15.9 Å². The van der Waals surface area contributed by atoms with Gasteiger partial charge >= 0.3 is 0 Å². The molecule has 1 aromatic carbocycles. The van der Waals surface area contributed by atoms with E-state index in [0.717, 1.165) is 29.6 Å². The van der Waals surface area contributed by atoms with Gasteiger partial charge in [-0.2, -0.15) is 0 Å². The Bertz CT molecular complexity index is 365. The highest BCUT2D eigenvalue weighted by Gasteiger charge is 2.11. The van der Waals surface area contributed by atoms with Gasteiger partial charge in [0.05, 0.1) is 11.6 Å². The third-order valence-corrected chi connectivity index (χ3v) is 3.31. The fraction of sp³-hybridized carbons (Fsp3) is 0.429. The SMILES string of the molecule is C=CCCC(NCC)c1ccc(OC)c(Br)c1. The van der Waals surface area contributed by atoms with Crippen LogP contribution in [0, 0.1) is 0 Å². The van der Waals surface area contributed by atoms with Gasteiger partial charge in [-0.05, 0) is 53.0 Å². The van der Waals surface area contributed by atoms with Crippen molar-refractivity contribution in [3.05, 3.63) is 40.9 Å². The van der Waals surface area contributed by atoms with E-state index in [2.05, 4.69) is 46.9 Å². The predicted molar refractivity (Wildman–Crippen MR) is 76.5 cm³/mol. The van der Waals surface area contributed by atoms with Crippen molar-refractivity contribution in [1.82, 2.24) is 5.32 Å². The highest BCUT2D eigenvalue weighted by Crippen LogP contribution is 2.29. The molecule has 3 heteroatoms. The molecule has 0 bridgehead atoms. The zero-order chi connectivity index (χ0) is 12.7. The van der Waals surface area contributed by atoms with Crippen molar-refractivity contribution in [3.63, 3.8) is 0 Å². The molecular formula is C14H20BrNO. The second-order valence-electron chi connectivity index (χ2n) is 3.87. The molecule has 0 spiro atoms. The lowest BCUT2D eigenvalue weighted by atomic mass is 10.0. The van der Waals surface area contributed by atoms with E-state index in [0.29, 0.717) is 6.04 Å². The zero-order valence-corrected chi connectivity index (χ0v) is 12.1. The topological polar surface area (TPSA) is 21.3 Å². The smallest absolute Gasteiger partial charge is 0.133 e. The molecule has 0 aliphatic heterocycles. The number of allylic oxidation sites excluding steroid dienone is 1. The molecule has 17 heavy (non-hydrogen) atoms. The highest BCUT2D eigenvalue weighted by molar-refractivity contribution is 9.10. The van der Waals surface area contributed by atoms with E-state index in [1.165, 1.54) is 5.56 Å². The second-order valence-corrected chi connectivity index (χ2v) is 4.72. The summed E-state index contributed by atoms with van der Waals surface area (Å²) >= 11 is 3.52. The minimum Gasteiger partial charge on any atom is -0.496 e. The number of hydrogen-bond acceptors (Lipinski definition) is 2. The molecule has 0 aromatic heterocycles. The molecule has 0 radical (unpaired) electrons. The van der Waals surface area contributed by atoms with Crippen LogP contribution in [0.1, 0.15) is 31.4 Å². The number of nitrogens with one attached hydrogen (secondary N) is 1. The van der Waals surface area contributed by atoms with Crippen molar-refractivity contribution < 1.29 is 4.74 Å². The molecule has 1 N–H and O–H groups in total. The summed E-state index contributed by atoms with van der Waals surface area (Å²) in [5, 5.41) is 3.49. The summed E-state index contributed by atoms with van der Waals surface area (Å²) in [6, 6.07) is 6.60. The van der Waals surface area contributed by atoms with Gasteiger partial charge in [0.25, 0.3) is 0 Å². The first kappa shape index (κ1) is 14.3. The Balaban J connectivity index is 2.85. The Labute approximate surface area is 112 Å². The highest BCUT2D eigenvalue weighted by atomic mass is 79.9. The number of benzene rings is 1. The van der Waals surface area contributed by atoms with Gasteiger partial charge in [0, 0.05) is 6.04 Å². The van der Waals surface area contributed by atoms with Crippen LogP contribution >= 0.6 is 15.9 Å². The maximum Gasteiger partial charge on any atom is 0.133 e. The summed E-state index contributed by atoms with van der Waals surface area (Å²) in [6.45, 7) is 6.86. The van der Waals surface area contributed by atoms with Crippen molar-refractivity contribution in [1.29, 1.82) is 0 Å². The molecule has 0 saturated carbocycles. The molecule has 94 valence electrons. The Morgan fingerprint density at radius 3 is 2.82 bits per heavy atom. The first-order chi connectivity index (χ1) is 8.22. The van der Waals surface area contributed by atoms with Crippen LogP contribution in [0.5, 0.6) is 5.75 Å².